The van der Waals surface area contributed by atoms with Crippen LogP contribution in [-0.4, -0.2) is 24.4 Å². The van der Waals surface area contributed by atoms with Gasteiger partial charge in [-0.3, -0.25) is 14.4 Å². The SMILES string of the molecule is C[C@H]1C[C@H]1C(=O)OCC(=O)Nc1ccccc1C(=O)Nc1ccc(Cl)cc1. The average Bonchev–Trinajstić information content (AvgIpc) is 3.39. The lowest BCUT2D eigenvalue weighted by atomic mass is 10.1. The summed E-state index contributed by atoms with van der Waals surface area (Å²) < 4.78 is 5.01. The van der Waals surface area contributed by atoms with E-state index in [-0.39, 0.29) is 24.4 Å². The van der Waals surface area contributed by atoms with E-state index in [0.29, 0.717) is 27.9 Å². The van der Waals surface area contributed by atoms with Crippen molar-refractivity contribution >= 4 is 40.8 Å². The Bertz CT molecular complexity index is 867. The molecule has 140 valence electrons. The number of ether oxygens (including phenoxy) is 1. The molecule has 0 unspecified atom stereocenters. The molecule has 1 aliphatic rings. The lowest BCUT2D eigenvalue weighted by Gasteiger charge is -2.12. The van der Waals surface area contributed by atoms with Crippen molar-refractivity contribution in [2.24, 2.45) is 11.8 Å². The van der Waals surface area contributed by atoms with Gasteiger partial charge in [-0.25, -0.2) is 0 Å². The van der Waals surface area contributed by atoms with Gasteiger partial charge in [-0.2, -0.15) is 0 Å². The molecule has 0 bridgehead atoms. The van der Waals surface area contributed by atoms with Gasteiger partial charge in [-0.1, -0.05) is 30.7 Å². The summed E-state index contributed by atoms with van der Waals surface area (Å²) in [6, 6.07) is 13.3. The Labute approximate surface area is 161 Å². The molecule has 2 N–H and O–H groups in total. The number of carbonyl (C=O) groups excluding carboxylic acids is 3. The van der Waals surface area contributed by atoms with Gasteiger partial charge in [0.2, 0.25) is 0 Å². The van der Waals surface area contributed by atoms with Gasteiger partial charge in [0.1, 0.15) is 0 Å². The van der Waals surface area contributed by atoms with Gasteiger partial charge in [0.25, 0.3) is 11.8 Å². The van der Waals surface area contributed by atoms with E-state index in [4.69, 9.17) is 16.3 Å². The summed E-state index contributed by atoms with van der Waals surface area (Å²) >= 11 is 5.83. The zero-order chi connectivity index (χ0) is 19.4. The highest BCUT2D eigenvalue weighted by Crippen LogP contribution is 2.38. The first kappa shape index (κ1) is 18.9. The summed E-state index contributed by atoms with van der Waals surface area (Å²) in [5, 5.41) is 5.92. The quantitative estimate of drug-likeness (QED) is 0.741. The normalized spacial score (nSPS) is 17.7. The Morgan fingerprint density at radius 3 is 2.41 bits per heavy atom. The van der Waals surface area contributed by atoms with Crippen LogP contribution in [0.2, 0.25) is 5.02 Å². The van der Waals surface area contributed by atoms with Gasteiger partial charge in [0.15, 0.2) is 6.61 Å². The summed E-state index contributed by atoms with van der Waals surface area (Å²) in [5.41, 5.74) is 1.21. The monoisotopic (exact) mass is 386 g/mol. The lowest BCUT2D eigenvalue weighted by molar-refractivity contribution is -0.148. The number of benzene rings is 2. The van der Waals surface area contributed by atoms with Crippen molar-refractivity contribution in [3.05, 3.63) is 59.1 Å². The van der Waals surface area contributed by atoms with E-state index in [1.165, 1.54) is 0 Å². The molecule has 0 spiro atoms. The maximum atomic E-state index is 12.5. The van der Waals surface area contributed by atoms with Crippen LogP contribution in [0.15, 0.2) is 48.5 Å². The predicted molar refractivity (Wildman–Crippen MR) is 103 cm³/mol. The third-order valence-corrected chi connectivity index (χ3v) is 4.56. The highest BCUT2D eigenvalue weighted by molar-refractivity contribution is 6.30. The van der Waals surface area contributed by atoms with Crippen LogP contribution >= 0.6 is 11.6 Å². The molecule has 3 rings (SSSR count). The number of hydrogen-bond acceptors (Lipinski definition) is 4. The topological polar surface area (TPSA) is 84.5 Å². The van der Waals surface area contributed by atoms with Gasteiger partial charge >= 0.3 is 5.97 Å². The van der Waals surface area contributed by atoms with Crippen molar-refractivity contribution in [1.82, 2.24) is 0 Å². The maximum Gasteiger partial charge on any atom is 0.309 e. The van der Waals surface area contributed by atoms with E-state index in [1.54, 1.807) is 48.5 Å². The predicted octanol–water partition coefficient (Wildman–Crippen LogP) is 3.73. The van der Waals surface area contributed by atoms with Crippen molar-refractivity contribution in [3.8, 4) is 0 Å². The summed E-state index contributed by atoms with van der Waals surface area (Å²) in [4.78, 5) is 36.3. The third-order valence-electron chi connectivity index (χ3n) is 4.31. The number of amides is 2. The zero-order valence-electron chi connectivity index (χ0n) is 14.7. The minimum Gasteiger partial charge on any atom is -0.455 e. The number of para-hydroxylation sites is 1. The molecule has 0 radical (unpaired) electrons. The molecule has 2 atom stereocenters. The van der Waals surface area contributed by atoms with E-state index >= 15 is 0 Å². The Kier molecular flexibility index (Phi) is 5.76. The number of anilines is 2. The number of halogens is 1. The van der Waals surface area contributed by atoms with E-state index in [0.717, 1.165) is 6.42 Å². The van der Waals surface area contributed by atoms with E-state index in [1.807, 2.05) is 6.92 Å². The number of rotatable bonds is 6. The first-order valence-electron chi connectivity index (χ1n) is 8.56. The summed E-state index contributed by atoms with van der Waals surface area (Å²) in [6.45, 7) is 1.58. The van der Waals surface area contributed by atoms with Crippen molar-refractivity contribution in [3.63, 3.8) is 0 Å². The Hall–Kier alpha value is -2.86. The fourth-order valence-corrected chi connectivity index (χ4v) is 2.73. The van der Waals surface area contributed by atoms with E-state index < -0.39 is 5.91 Å². The summed E-state index contributed by atoms with van der Waals surface area (Å²) in [5.74, 6) is -1.01. The van der Waals surface area contributed by atoms with Crippen LogP contribution in [0.3, 0.4) is 0 Å². The Balaban J connectivity index is 1.60. The van der Waals surface area contributed by atoms with Crippen molar-refractivity contribution in [1.29, 1.82) is 0 Å². The summed E-state index contributed by atoms with van der Waals surface area (Å²) in [6.07, 6.45) is 0.800. The van der Waals surface area contributed by atoms with Crippen molar-refractivity contribution in [2.45, 2.75) is 13.3 Å². The molecule has 1 fully saturated rings. The molecule has 0 saturated heterocycles. The number of carbonyl (C=O) groups is 3. The second-order valence-corrected chi connectivity index (χ2v) is 6.92. The van der Waals surface area contributed by atoms with Crippen molar-refractivity contribution in [2.75, 3.05) is 17.2 Å². The van der Waals surface area contributed by atoms with Gasteiger partial charge < -0.3 is 15.4 Å². The standard InChI is InChI=1S/C20H19ClN2O4/c1-12-10-16(12)20(26)27-11-18(24)23-17-5-3-2-4-15(17)19(25)22-14-8-6-13(21)7-9-14/h2-9,12,16H,10-11H2,1H3,(H,22,25)(H,23,24)/t12-,16+/m0/s1. The van der Waals surface area contributed by atoms with Gasteiger partial charge in [0, 0.05) is 10.7 Å². The second-order valence-electron chi connectivity index (χ2n) is 6.48. The van der Waals surface area contributed by atoms with Crippen LogP contribution < -0.4 is 10.6 Å². The highest BCUT2D eigenvalue weighted by atomic mass is 35.5. The van der Waals surface area contributed by atoms with Gasteiger partial charge in [-0.05, 0) is 48.7 Å². The highest BCUT2D eigenvalue weighted by Gasteiger charge is 2.40. The van der Waals surface area contributed by atoms with Crippen LogP contribution in [-0.2, 0) is 14.3 Å². The molecule has 2 aromatic rings. The molecule has 2 aromatic carbocycles. The number of nitrogens with one attached hydrogen (secondary N) is 2. The molecule has 0 aromatic heterocycles. The first-order valence-corrected chi connectivity index (χ1v) is 8.94. The van der Waals surface area contributed by atoms with Gasteiger partial charge in [-0.15, -0.1) is 0 Å². The number of esters is 1. The summed E-state index contributed by atoms with van der Waals surface area (Å²) in [7, 11) is 0. The molecule has 1 saturated carbocycles. The zero-order valence-corrected chi connectivity index (χ0v) is 15.5. The molecular weight excluding hydrogens is 368 g/mol. The minimum atomic E-state index is -0.497. The van der Waals surface area contributed by atoms with E-state index in [9.17, 15) is 14.4 Å². The molecular formula is C20H19ClN2O4. The third kappa shape index (κ3) is 5.08. The Morgan fingerprint density at radius 1 is 1.07 bits per heavy atom. The van der Waals surface area contributed by atoms with Crippen molar-refractivity contribution < 1.29 is 19.1 Å². The van der Waals surface area contributed by atoms with Crippen LogP contribution in [0.25, 0.3) is 0 Å². The molecule has 2 amide bonds. The molecule has 1 aliphatic carbocycles. The fourth-order valence-electron chi connectivity index (χ4n) is 2.60. The van der Waals surface area contributed by atoms with Crippen LogP contribution in [0, 0.1) is 11.8 Å². The van der Waals surface area contributed by atoms with Crippen LogP contribution in [0.1, 0.15) is 23.7 Å². The Morgan fingerprint density at radius 2 is 1.74 bits per heavy atom. The largest absolute Gasteiger partial charge is 0.455 e. The van der Waals surface area contributed by atoms with E-state index in [2.05, 4.69) is 10.6 Å². The lowest BCUT2D eigenvalue weighted by Crippen LogP contribution is -2.23. The maximum absolute atomic E-state index is 12.5. The van der Waals surface area contributed by atoms with Crippen LogP contribution in [0.4, 0.5) is 11.4 Å². The number of hydrogen-bond donors (Lipinski definition) is 2. The fraction of sp³-hybridized carbons (Fsp3) is 0.250. The first-order chi connectivity index (χ1) is 12.9. The van der Waals surface area contributed by atoms with Crippen LogP contribution in [0.5, 0.6) is 0 Å². The average molecular weight is 387 g/mol. The second kappa shape index (κ2) is 8.22. The molecule has 6 nitrogen and oxygen atoms in total. The molecule has 0 heterocycles. The molecule has 7 heteroatoms. The smallest absolute Gasteiger partial charge is 0.309 e. The van der Waals surface area contributed by atoms with Gasteiger partial charge in [0.05, 0.1) is 17.2 Å². The minimum absolute atomic E-state index is 0.102. The molecule has 27 heavy (non-hydrogen) atoms. The molecule has 0 aliphatic heterocycles.